The van der Waals surface area contributed by atoms with Crippen LogP contribution in [0.15, 0.2) is 18.2 Å². The number of hydrogen-bond acceptors (Lipinski definition) is 5. The monoisotopic (exact) mass is 503 g/mol. The van der Waals surface area contributed by atoms with Crippen LogP contribution in [0.2, 0.25) is 0 Å². The smallest absolute Gasteiger partial charge is 0.362 e. The Morgan fingerprint density at radius 2 is 1.40 bits per heavy atom. The van der Waals surface area contributed by atoms with Gasteiger partial charge in [-0.15, -0.1) is 0 Å². The van der Waals surface area contributed by atoms with Gasteiger partial charge in [0.25, 0.3) is 5.91 Å². The highest BCUT2D eigenvalue weighted by Gasteiger charge is 2.37. The van der Waals surface area contributed by atoms with Crippen molar-refractivity contribution in [3.05, 3.63) is 46.1 Å². The first kappa shape index (κ1) is 26.6. The summed E-state index contributed by atoms with van der Waals surface area (Å²) in [6, 6.07) is 0.534. The highest BCUT2D eigenvalue weighted by atomic mass is 19.4. The van der Waals surface area contributed by atoms with Crippen LogP contribution >= 0.6 is 0 Å². The van der Waals surface area contributed by atoms with E-state index in [1.807, 2.05) is 32.8 Å². The Hall–Kier alpha value is -3.05. The molecule has 0 radical (unpaired) electrons. The Bertz CT molecular complexity index is 1040. The van der Waals surface area contributed by atoms with E-state index in [9.17, 15) is 31.1 Å². The van der Waals surface area contributed by atoms with E-state index < -0.39 is 35.0 Å². The number of carbonyl (C=O) groups excluding carboxylic acids is 1. The Kier molecular flexibility index (Phi) is 7.51. The van der Waals surface area contributed by atoms with Gasteiger partial charge in [0.15, 0.2) is 0 Å². The van der Waals surface area contributed by atoms with Crippen molar-refractivity contribution in [1.29, 1.82) is 0 Å². The Labute approximate surface area is 199 Å². The molecule has 2 aromatic rings. The molecule has 3 rings (SSSR count). The number of halogens is 6. The fraction of sp³-hybridized carbons (Fsp3) is 0.522. The lowest BCUT2D eigenvalue weighted by molar-refractivity contribution is -0.143. The minimum atomic E-state index is -5.01. The number of hydrogen-bond donors (Lipinski definition) is 2. The molecule has 0 bridgehead atoms. The molecule has 6 nitrogen and oxygen atoms in total. The number of rotatable bonds is 5. The summed E-state index contributed by atoms with van der Waals surface area (Å²) in [5.74, 6) is 0.305. The predicted molar refractivity (Wildman–Crippen MR) is 119 cm³/mol. The first-order chi connectivity index (χ1) is 16.1. The summed E-state index contributed by atoms with van der Waals surface area (Å²) in [4.78, 5) is 23.4. The molecule has 0 unspecified atom stereocenters. The average Bonchev–Trinajstić information content (AvgIpc) is 2.75. The second-order valence-corrected chi connectivity index (χ2v) is 8.94. The molecular formula is C23H27F6N5O. The standard InChI is InChI=1S/C23H27F6N5O/c1-12-13(2)30-21(33-19(12)34(3)4)32-18-7-5-17(6-8-18)31-20(35)14-9-15(22(24,25)26)11-16(10-14)23(27,28)29/h9-11,17-18H,5-8H2,1-4H3,(H,31,35)(H,30,32,33). The molecular weight excluding hydrogens is 476 g/mol. The molecule has 192 valence electrons. The topological polar surface area (TPSA) is 70.1 Å². The summed E-state index contributed by atoms with van der Waals surface area (Å²) in [5, 5.41) is 5.86. The highest BCUT2D eigenvalue weighted by molar-refractivity contribution is 5.94. The SMILES string of the molecule is Cc1nc(NC2CCC(NC(=O)c3cc(C(F)(F)F)cc(C(F)(F)F)c3)CC2)nc(N(C)C)c1C. The number of amides is 1. The van der Waals surface area contributed by atoms with Crippen LogP contribution < -0.4 is 15.5 Å². The fourth-order valence-electron chi connectivity index (χ4n) is 4.03. The fourth-order valence-corrected chi connectivity index (χ4v) is 4.03. The number of alkyl halides is 6. The van der Waals surface area contributed by atoms with Crippen molar-refractivity contribution < 1.29 is 31.1 Å². The zero-order chi connectivity index (χ0) is 26.1. The summed E-state index contributed by atoms with van der Waals surface area (Å²) in [7, 11) is 3.77. The molecule has 1 heterocycles. The van der Waals surface area contributed by atoms with E-state index in [1.165, 1.54) is 0 Å². The second kappa shape index (κ2) is 9.90. The van der Waals surface area contributed by atoms with Crippen molar-refractivity contribution in [3.8, 4) is 0 Å². The summed E-state index contributed by atoms with van der Waals surface area (Å²) in [6.07, 6.45) is -7.78. The molecule has 1 amide bonds. The van der Waals surface area contributed by atoms with Gasteiger partial charge >= 0.3 is 12.4 Å². The van der Waals surface area contributed by atoms with E-state index >= 15 is 0 Å². The van der Waals surface area contributed by atoms with Crippen LogP contribution in [0.1, 0.15) is 58.4 Å². The van der Waals surface area contributed by atoms with Gasteiger partial charge in [-0.3, -0.25) is 4.79 Å². The molecule has 0 spiro atoms. The molecule has 1 aromatic carbocycles. The van der Waals surface area contributed by atoms with Crippen molar-refractivity contribution in [3.63, 3.8) is 0 Å². The Morgan fingerprint density at radius 3 is 1.89 bits per heavy atom. The Balaban J connectivity index is 1.65. The number of nitrogens with zero attached hydrogens (tertiary/aromatic N) is 3. The molecule has 0 aliphatic heterocycles. The maximum atomic E-state index is 13.1. The minimum absolute atomic E-state index is 0.00420. The summed E-state index contributed by atoms with van der Waals surface area (Å²) in [5.41, 5.74) is -1.90. The molecule has 1 saturated carbocycles. The molecule has 0 saturated heterocycles. The third-order valence-electron chi connectivity index (χ3n) is 6.03. The molecule has 1 aliphatic rings. The molecule has 1 aromatic heterocycles. The van der Waals surface area contributed by atoms with Crippen LogP contribution in [0, 0.1) is 13.8 Å². The molecule has 1 fully saturated rings. The van der Waals surface area contributed by atoms with Gasteiger partial charge in [0.05, 0.1) is 11.1 Å². The molecule has 35 heavy (non-hydrogen) atoms. The summed E-state index contributed by atoms with van der Waals surface area (Å²) < 4.78 is 78.5. The van der Waals surface area contributed by atoms with Gasteiger partial charge in [-0.05, 0) is 57.7 Å². The van der Waals surface area contributed by atoms with E-state index in [4.69, 9.17) is 0 Å². The van der Waals surface area contributed by atoms with Crippen LogP contribution in [0.5, 0.6) is 0 Å². The molecule has 2 N–H and O–H groups in total. The maximum absolute atomic E-state index is 13.1. The lowest BCUT2D eigenvalue weighted by atomic mass is 9.91. The van der Waals surface area contributed by atoms with E-state index in [-0.39, 0.29) is 18.2 Å². The third-order valence-corrected chi connectivity index (χ3v) is 6.03. The summed E-state index contributed by atoms with van der Waals surface area (Å²) >= 11 is 0. The highest BCUT2D eigenvalue weighted by Crippen LogP contribution is 2.36. The maximum Gasteiger partial charge on any atom is 0.416 e. The first-order valence-corrected chi connectivity index (χ1v) is 11.0. The average molecular weight is 503 g/mol. The quantitative estimate of drug-likeness (QED) is 0.539. The number of benzene rings is 1. The van der Waals surface area contributed by atoms with Crippen molar-refractivity contribution in [1.82, 2.24) is 15.3 Å². The van der Waals surface area contributed by atoms with E-state index in [0.717, 1.165) is 17.1 Å². The number of aromatic nitrogens is 2. The number of aryl methyl sites for hydroxylation is 1. The minimum Gasteiger partial charge on any atom is -0.362 e. The lowest BCUT2D eigenvalue weighted by Crippen LogP contribution is -2.40. The van der Waals surface area contributed by atoms with Gasteiger partial charge in [0, 0.05) is 43.0 Å². The second-order valence-electron chi connectivity index (χ2n) is 8.94. The van der Waals surface area contributed by atoms with Crippen molar-refractivity contribution in [2.24, 2.45) is 0 Å². The largest absolute Gasteiger partial charge is 0.416 e. The van der Waals surface area contributed by atoms with Crippen LogP contribution in [-0.2, 0) is 12.4 Å². The van der Waals surface area contributed by atoms with E-state index in [2.05, 4.69) is 20.6 Å². The van der Waals surface area contributed by atoms with Gasteiger partial charge in [-0.2, -0.15) is 31.3 Å². The normalized spacial score (nSPS) is 18.8. The van der Waals surface area contributed by atoms with Gasteiger partial charge in [-0.1, -0.05) is 0 Å². The number of nitrogens with one attached hydrogen (secondary N) is 2. The summed E-state index contributed by atoms with van der Waals surface area (Å²) in [6.45, 7) is 3.82. The van der Waals surface area contributed by atoms with E-state index in [1.54, 1.807) is 0 Å². The van der Waals surface area contributed by atoms with Crippen LogP contribution in [-0.4, -0.2) is 42.1 Å². The zero-order valence-corrected chi connectivity index (χ0v) is 19.7. The molecule has 12 heteroatoms. The van der Waals surface area contributed by atoms with Crippen molar-refractivity contribution >= 4 is 17.7 Å². The Morgan fingerprint density at radius 1 is 0.886 bits per heavy atom. The molecule has 0 atom stereocenters. The van der Waals surface area contributed by atoms with Gasteiger partial charge in [0.1, 0.15) is 5.82 Å². The van der Waals surface area contributed by atoms with Crippen LogP contribution in [0.25, 0.3) is 0 Å². The van der Waals surface area contributed by atoms with Crippen LogP contribution in [0.4, 0.5) is 38.1 Å². The van der Waals surface area contributed by atoms with Gasteiger partial charge in [0.2, 0.25) is 5.95 Å². The lowest BCUT2D eigenvalue weighted by Gasteiger charge is -2.30. The third kappa shape index (κ3) is 6.55. The first-order valence-electron chi connectivity index (χ1n) is 11.0. The van der Waals surface area contributed by atoms with Crippen molar-refractivity contribution in [2.45, 2.75) is 64.0 Å². The van der Waals surface area contributed by atoms with Crippen LogP contribution in [0.3, 0.4) is 0 Å². The predicted octanol–water partition coefficient (Wildman–Crippen LogP) is 5.35. The van der Waals surface area contributed by atoms with Gasteiger partial charge < -0.3 is 15.5 Å². The number of carbonyl (C=O) groups is 1. The zero-order valence-electron chi connectivity index (χ0n) is 19.7. The van der Waals surface area contributed by atoms with E-state index in [0.29, 0.717) is 43.8 Å². The molecule has 1 aliphatic carbocycles. The number of anilines is 2. The van der Waals surface area contributed by atoms with Gasteiger partial charge in [-0.25, -0.2) is 4.98 Å². The van der Waals surface area contributed by atoms with Crippen molar-refractivity contribution in [2.75, 3.05) is 24.3 Å².